The molecule has 0 bridgehead atoms. The van der Waals surface area contributed by atoms with E-state index in [4.69, 9.17) is 4.74 Å². The van der Waals surface area contributed by atoms with E-state index in [1.54, 1.807) is 42.5 Å². The number of carbonyl (C=O) groups excluding carboxylic acids is 2. The van der Waals surface area contributed by atoms with Gasteiger partial charge in [0.25, 0.3) is 0 Å². The van der Waals surface area contributed by atoms with Crippen LogP contribution in [-0.2, 0) is 32.6 Å². The summed E-state index contributed by atoms with van der Waals surface area (Å²) < 4.78 is 47.3. The summed E-state index contributed by atoms with van der Waals surface area (Å²) in [5, 5.41) is 3.14. The van der Waals surface area contributed by atoms with Gasteiger partial charge in [0.15, 0.2) is 0 Å². The number of ether oxygens (including phenoxy) is 1. The standard InChI is InChI=1S/C33H40FN3O5S/c1-3-42-29-20-18-28(19-21-29)37(43(2,40)41)24-32(38)36(23-26-14-10-11-17-30(26)34)31(22-25-12-6-4-7-13-25)33(39)35-27-15-8-5-9-16-27/h4,6-7,10-14,17-21,27,31H,3,5,8-9,15-16,22-24H2,1-2H3,(H,35,39). The average Bonchev–Trinajstić information content (AvgIpc) is 2.99. The number of amides is 2. The lowest BCUT2D eigenvalue weighted by molar-refractivity contribution is -0.140. The highest BCUT2D eigenvalue weighted by Gasteiger charge is 2.34. The fourth-order valence-electron chi connectivity index (χ4n) is 5.40. The van der Waals surface area contributed by atoms with Gasteiger partial charge in [-0.05, 0) is 55.7 Å². The molecule has 1 N–H and O–H groups in total. The minimum Gasteiger partial charge on any atom is -0.494 e. The zero-order chi connectivity index (χ0) is 30.8. The molecule has 43 heavy (non-hydrogen) atoms. The summed E-state index contributed by atoms with van der Waals surface area (Å²) in [7, 11) is -3.91. The van der Waals surface area contributed by atoms with Gasteiger partial charge in [-0.1, -0.05) is 67.8 Å². The van der Waals surface area contributed by atoms with Crippen molar-refractivity contribution in [1.82, 2.24) is 10.2 Å². The van der Waals surface area contributed by atoms with E-state index in [0.717, 1.165) is 48.2 Å². The lowest BCUT2D eigenvalue weighted by Crippen LogP contribution is -2.55. The third-order valence-electron chi connectivity index (χ3n) is 7.64. The summed E-state index contributed by atoms with van der Waals surface area (Å²) in [5.41, 5.74) is 1.33. The molecule has 1 saturated carbocycles. The van der Waals surface area contributed by atoms with Gasteiger partial charge in [-0.25, -0.2) is 12.8 Å². The van der Waals surface area contributed by atoms with Crippen LogP contribution in [0.3, 0.4) is 0 Å². The Labute approximate surface area is 253 Å². The maximum absolute atomic E-state index is 14.9. The molecule has 0 radical (unpaired) electrons. The highest BCUT2D eigenvalue weighted by Crippen LogP contribution is 2.24. The molecule has 4 rings (SSSR count). The highest BCUT2D eigenvalue weighted by molar-refractivity contribution is 7.92. The second kappa shape index (κ2) is 15.0. The minimum absolute atomic E-state index is 0.0127. The van der Waals surface area contributed by atoms with Crippen LogP contribution in [0.1, 0.15) is 50.2 Å². The predicted molar refractivity (Wildman–Crippen MR) is 166 cm³/mol. The molecule has 0 aromatic heterocycles. The molecule has 1 unspecified atom stereocenters. The minimum atomic E-state index is -3.91. The monoisotopic (exact) mass is 609 g/mol. The van der Waals surface area contributed by atoms with Gasteiger partial charge in [-0.2, -0.15) is 0 Å². The molecule has 10 heteroatoms. The van der Waals surface area contributed by atoms with Crippen molar-refractivity contribution in [3.63, 3.8) is 0 Å². The Morgan fingerprint density at radius 2 is 1.60 bits per heavy atom. The van der Waals surface area contributed by atoms with Crippen molar-refractivity contribution in [2.75, 3.05) is 23.7 Å². The third kappa shape index (κ3) is 9.03. The van der Waals surface area contributed by atoms with Crippen molar-refractivity contribution in [3.05, 3.63) is 95.8 Å². The maximum atomic E-state index is 14.9. The van der Waals surface area contributed by atoms with Crippen LogP contribution in [0.5, 0.6) is 5.75 Å². The molecule has 2 amide bonds. The first-order chi connectivity index (χ1) is 20.7. The molecule has 1 fully saturated rings. The topological polar surface area (TPSA) is 96.0 Å². The first-order valence-electron chi connectivity index (χ1n) is 14.7. The second-order valence-electron chi connectivity index (χ2n) is 10.9. The van der Waals surface area contributed by atoms with E-state index in [9.17, 15) is 22.4 Å². The molecule has 3 aromatic carbocycles. The molecule has 3 aromatic rings. The van der Waals surface area contributed by atoms with E-state index in [1.807, 2.05) is 37.3 Å². The number of nitrogens with one attached hydrogen (secondary N) is 1. The number of hydrogen-bond acceptors (Lipinski definition) is 5. The summed E-state index contributed by atoms with van der Waals surface area (Å²) in [5.74, 6) is -0.915. The molecule has 0 heterocycles. The molecular weight excluding hydrogens is 569 g/mol. The van der Waals surface area contributed by atoms with Gasteiger partial charge in [0, 0.05) is 24.6 Å². The Kier molecular flexibility index (Phi) is 11.2. The fraction of sp³-hybridized carbons (Fsp3) is 0.394. The number of sulfonamides is 1. The molecule has 1 atom stereocenters. The van der Waals surface area contributed by atoms with Crippen LogP contribution in [0.4, 0.5) is 10.1 Å². The van der Waals surface area contributed by atoms with Crippen molar-refractivity contribution in [2.24, 2.45) is 0 Å². The number of carbonyl (C=O) groups is 2. The predicted octanol–water partition coefficient (Wildman–Crippen LogP) is 5.08. The van der Waals surface area contributed by atoms with Gasteiger partial charge in [0.2, 0.25) is 21.8 Å². The fourth-order valence-corrected chi connectivity index (χ4v) is 6.25. The second-order valence-corrected chi connectivity index (χ2v) is 12.8. The van der Waals surface area contributed by atoms with E-state index in [0.29, 0.717) is 12.4 Å². The Morgan fingerprint density at radius 1 is 0.953 bits per heavy atom. The summed E-state index contributed by atoms with van der Waals surface area (Å²) >= 11 is 0. The molecule has 8 nitrogen and oxygen atoms in total. The molecule has 0 spiro atoms. The Balaban J connectivity index is 1.71. The Morgan fingerprint density at radius 3 is 2.23 bits per heavy atom. The quantitative estimate of drug-likeness (QED) is 0.292. The molecule has 230 valence electrons. The summed E-state index contributed by atoms with van der Waals surface area (Å²) in [6.07, 6.45) is 6.05. The smallest absolute Gasteiger partial charge is 0.244 e. The van der Waals surface area contributed by atoms with Gasteiger partial charge in [-0.3, -0.25) is 13.9 Å². The van der Waals surface area contributed by atoms with E-state index >= 15 is 0 Å². The zero-order valence-corrected chi connectivity index (χ0v) is 25.6. The molecule has 0 saturated heterocycles. The van der Waals surface area contributed by atoms with Crippen LogP contribution in [0.2, 0.25) is 0 Å². The number of hydrogen-bond donors (Lipinski definition) is 1. The number of anilines is 1. The third-order valence-corrected chi connectivity index (χ3v) is 8.78. The lowest BCUT2D eigenvalue weighted by Gasteiger charge is -2.35. The zero-order valence-electron chi connectivity index (χ0n) is 24.7. The van der Waals surface area contributed by atoms with Crippen LogP contribution in [0.25, 0.3) is 0 Å². The highest BCUT2D eigenvalue weighted by atomic mass is 32.2. The summed E-state index contributed by atoms with van der Waals surface area (Å²) in [4.78, 5) is 29.4. The normalized spacial score (nSPS) is 14.5. The SMILES string of the molecule is CCOc1ccc(N(CC(=O)N(Cc2ccccc2F)C(Cc2ccccc2)C(=O)NC2CCCCC2)S(C)(=O)=O)cc1. The van der Waals surface area contributed by atoms with Gasteiger partial charge >= 0.3 is 0 Å². The van der Waals surface area contributed by atoms with Crippen LogP contribution in [0.15, 0.2) is 78.9 Å². The number of benzene rings is 3. The van der Waals surface area contributed by atoms with Gasteiger partial charge in [0.1, 0.15) is 24.2 Å². The van der Waals surface area contributed by atoms with Gasteiger partial charge in [-0.15, -0.1) is 0 Å². The van der Waals surface area contributed by atoms with Crippen molar-refractivity contribution in [2.45, 2.75) is 64.1 Å². The van der Waals surface area contributed by atoms with E-state index < -0.39 is 34.3 Å². The van der Waals surface area contributed by atoms with E-state index in [-0.39, 0.29) is 36.2 Å². The summed E-state index contributed by atoms with van der Waals surface area (Å²) in [6, 6.07) is 20.8. The van der Waals surface area contributed by atoms with E-state index in [1.165, 1.54) is 11.0 Å². The van der Waals surface area contributed by atoms with Crippen LogP contribution >= 0.6 is 0 Å². The number of nitrogens with zero attached hydrogens (tertiary/aromatic N) is 2. The average molecular weight is 610 g/mol. The van der Waals surface area contributed by atoms with Crippen LogP contribution < -0.4 is 14.4 Å². The van der Waals surface area contributed by atoms with Gasteiger partial charge in [0.05, 0.1) is 18.6 Å². The van der Waals surface area contributed by atoms with Crippen LogP contribution in [-0.4, -0.2) is 56.6 Å². The first-order valence-corrected chi connectivity index (χ1v) is 16.6. The molecule has 1 aliphatic rings. The van der Waals surface area contributed by atoms with Crippen molar-refractivity contribution >= 4 is 27.5 Å². The van der Waals surface area contributed by atoms with Crippen molar-refractivity contribution in [3.8, 4) is 5.75 Å². The summed E-state index contributed by atoms with van der Waals surface area (Å²) in [6.45, 7) is 1.52. The molecular formula is C33H40FN3O5S. The molecule has 1 aliphatic carbocycles. The van der Waals surface area contributed by atoms with Gasteiger partial charge < -0.3 is 15.0 Å². The first kappa shape index (κ1) is 32.0. The van der Waals surface area contributed by atoms with E-state index in [2.05, 4.69) is 5.32 Å². The lowest BCUT2D eigenvalue weighted by atomic mass is 9.94. The Bertz CT molecular complexity index is 1460. The van der Waals surface area contributed by atoms with Crippen molar-refractivity contribution < 1.29 is 27.1 Å². The maximum Gasteiger partial charge on any atom is 0.244 e. The van der Waals surface area contributed by atoms with Crippen LogP contribution in [0, 0.1) is 5.82 Å². The van der Waals surface area contributed by atoms with Crippen molar-refractivity contribution in [1.29, 1.82) is 0 Å². The Hall–Kier alpha value is -3.92. The number of halogens is 1. The molecule has 0 aliphatic heterocycles. The largest absolute Gasteiger partial charge is 0.494 e. The number of rotatable bonds is 13.